The van der Waals surface area contributed by atoms with Crippen LogP contribution in [0.25, 0.3) is 0 Å². The predicted molar refractivity (Wildman–Crippen MR) is 106 cm³/mol. The highest BCUT2D eigenvalue weighted by atomic mass is 16.5. The molecule has 2 saturated heterocycles. The lowest BCUT2D eigenvalue weighted by molar-refractivity contribution is -0.933. The molecule has 28 heavy (non-hydrogen) atoms. The molecule has 152 valence electrons. The first kappa shape index (κ1) is 19.1. The minimum absolute atomic E-state index is 0.247. The smallest absolute Gasteiger partial charge is 0.209 e. The van der Waals surface area contributed by atoms with E-state index >= 15 is 0 Å². The van der Waals surface area contributed by atoms with Crippen molar-refractivity contribution in [2.75, 3.05) is 44.8 Å². The standard InChI is InChI=1S/C20H30N6O2/c1-3-17(20-21-22-23-26(20)15-16-7-6-14-28-16)24-10-12-25(13-11-24)18-8-4-5-9-19(18)27-2/h4-5,8-9,16-17H,3,6-7,10-15H2,1-2H3/p+1/t16-,17+/m0/s1. The molecule has 2 aliphatic heterocycles. The number of aromatic nitrogens is 4. The SMILES string of the molecule is CC[C@H](c1nnnn1C[C@@H]1CCCO1)[NH+]1CCN(c2ccccc2OC)CC1. The molecule has 2 aliphatic rings. The predicted octanol–water partition coefficient (Wildman–Crippen LogP) is 0.717. The van der Waals surface area contributed by atoms with Crippen molar-refractivity contribution in [2.24, 2.45) is 0 Å². The van der Waals surface area contributed by atoms with Crippen molar-refractivity contribution in [1.29, 1.82) is 0 Å². The molecule has 8 nitrogen and oxygen atoms in total. The average Bonchev–Trinajstić information content (AvgIpc) is 3.42. The number of benzene rings is 1. The number of hydrogen-bond donors (Lipinski definition) is 1. The van der Waals surface area contributed by atoms with Crippen molar-refractivity contribution < 1.29 is 14.4 Å². The van der Waals surface area contributed by atoms with Crippen LogP contribution in [0, 0.1) is 0 Å². The number of quaternary nitrogens is 1. The van der Waals surface area contributed by atoms with Crippen LogP contribution in [0.1, 0.15) is 38.1 Å². The van der Waals surface area contributed by atoms with Gasteiger partial charge in [-0.25, -0.2) is 4.68 Å². The first-order chi connectivity index (χ1) is 13.8. The third-order valence-corrected chi connectivity index (χ3v) is 6.00. The van der Waals surface area contributed by atoms with E-state index in [2.05, 4.69) is 39.5 Å². The van der Waals surface area contributed by atoms with Crippen LogP contribution >= 0.6 is 0 Å². The second kappa shape index (κ2) is 8.87. The first-order valence-electron chi connectivity index (χ1n) is 10.4. The Morgan fingerprint density at radius 2 is 2.11 bits per heavy atom. The number of nitrogens with zero attached hydrogens (tertiary/aromatic N) is 5. The first-order valence-corrected chi connectivity index (χ1v) is 10.4. The van der Waals surface area contributed by atoms with Gasteiger partial charge in [0.15, 0.2) is 0 Å². The van der Waals surface area contributed by atoms with Gasteiger partial charge < -0.3 is 19.3 Å². The molecule has 2 aromatic rings. The lowest BCUT2D eigenvalue weighted by Crippen LogP contribution is -3.15. The molecule has 2 atom stereocenters. The number of rotatable bonds is 7. The van der Waals surface area contributed by atoms with Crippen LogP contribution in [0.5, 0.6) is 5.75 Å². The molecular weight excluding hydrogens is 356 g/mol. The molecule has 2 fully saturated rings. The molecule has 0 unspecified atom stereocenters. The third kappa shape index (κ3) is 3.98. The van der Waals surface area contributed by atoms with Crippen LogP contribution in [0.2, 0.25) is 0 Å². The fourth-order valence-corrected chi connectivity index (χ4v) is 4.50. The number of ether oxygens (including phenoxy) is 2. The van der Waals surface area contributed by atoms with Gasteiger partial charge in [-0.1, -0.05) is 19.1 Å². The van der Waals surface area contributed by atoms with Crippen LogP contribution < -0.4 is 14.5 Å². The minimum atomic E-state index is 0.247. The Labute approximate surface area is 166 Å². The molecule has 4 rings (SSSR count). The zero-order chi connectivity index (χ0) is 19.3. The van der Waals surface area contributed by atoms with E-state index in [-0.39, 0.29) is 6.10 Å². The molecule has 0 bridgehead atoms. The van der Waals surface area contributed by atoms with Crippen molar-refractivity contribution in [3.8, 4) is 5.75 Å². The summed E-state index contributed by atoms with van der Waals surface area (Å²) < 4.78 is 13.3. The minimum Gasteiger partial charge on any atom is -0.495 e. The van der Waals surface area contributed by atoms with Gasteiger partial charge in [0, 0.05) is 13.0 Å². The zero-order valence-electron chi connectivity index (χ0n) is 16.9. The number of tetrazole rings is 1. The normalized spacial score (nSPS) is 21.8. The van der Waals surface area contributed by atoms with E-state index in [0.29, 0.717) is 6.04 Å². The van der Waals surface area contributed by atoms with E-state index in [0.717, 1.165) is 70.2 Å². The molecule has 3 heterocycles. The molecule has 0 aliphatic carbocycles. The molecule has 1 aromatic heterocycles. The number of piperazine rings is 1. The van der Waals surface area contributed by atoms with E-state index in [4.69, 9.17) is 9.47 Å². The molecule has 0 radical (unpaired) electrons. The summed E-state index contributed by atoms with van der Waals surface area (Å²) in [4.78, 5) is 3.97. The third-order valence-electron chi connectivity index (χ3n) is 6.00. The Morgan fingerprint density at radius 1 is 1.29 bits per heavy atom. The summed E-state index contributed by atoms with van der Waals surface area (Å²) in [5.74, 6) is 1.94. The van der Waals surface area contributed by atoms with Gasteiger partial charge in [-0.2, -0.15) is 0 Å². The van der Waals surface area contributed by atoms with Gasteiger partial charge in [-0.3, -0.25) is 0 Å². The van der Waals surface area contributed by atoms with Crippen LogP contribution in [-0.2, 0) is 11.3 Å². The lowest BCUT2D eigenvalue weighted by atomic mass is 10.1. The topological polar surface area (TPSA) is 69.7 Å². The summed E-state index contributed by atoms with van der Waals surface area (Å²) in [6.45, 7) is 7.97. The Hall–Kier alpha value is -2.19. The Kier molecular flexibility index (Phi) is 6.07. The molecule has 0 spiro atoms. The summed E-state index contributed by atoms with van der Waals surface area (Å²) in [6.07, 6.45) is 3.50. The highest BCUT2D eigenvalue weighted by Crippen LogP contribution is 2.27. The summed E-state index contributed by atoms with van der Waals surface area (Å²) in [6, 6.07) is 8.58. The molecule has 1 N–H and O–H groups in total. The molecule has 1 aromatic carbocycles. The lowest BCUT2D eigenvalue weighted by Gasteiger charge is -2.37. The molecule has 8 heteroatoms. The highest BCUT2D eigenvalue weighted by molar-refractivity contribution is 5.58. The van der Waals surface area contributed by atoms with Crippen LogP contribution in [0.15, 0.2) is 24.3 Å². The second-order valence-electron chi connectivity index (χ2n) is 7.63. The number of hydrogen-bond acceptors (Lipinski definition) is 6. The van der Waals surface area contributed by atoms with Gasteiger partial charge in [0.2, 0.25) is 5.82 Å². The largest absolute Gasteiger partial charge is 0.495 e. The number of anilines is 1. The van der Waals surface area contributed by atoms with E-state index in [1.807, 2.05) is 16.8 Å². The van der Waals surface area contributed by atoms with Crippen molar-refractivity contribution in [1.82, 2.24) is 20.2 Å². The molecular formula is C20H31N6O2+. The molecule has 0 saturated carbocycles. The van der Waals surface area contributed by atoms with Crippen LogP contribution in [0.3, 0.4) is 0 Å². The number of methoxy groups -OCH3 is 1. The Balaban J connectivity index is 1.42. The van der Waals surface area contributed by atoms with Crippen molar-refractivity contribution in [2.45, 2.75) is 44.9 Å². The summed E-state index contributed by atoms with van der Waals surface area (Å²) in [5, 5.41) is 12.6. The zero-order valence-corrected chi connectivity index (χ0v) is 16.9. The Morgan fingerprint density at radius 3 is 2.82 bits per heavy atom. The fourth-order valence-electron chi connectivity index (χ4n) is 4.50. The summed E-state index contributed by atoms with van der Waals surface area (Å²) in [5.41, 5.74) is 1.18. The van der Waals surface area contributed by atoms with Crippen LogP contribution in [-0.4, -0.2) is 66.2 Å². The maximum atomic E-state index is 5.78. The maximum absolute atomic E-state index is 5.78. The van der Waals surface area contributed by atoms with Crippen molar-refractivity contribution >= 4 is 5.69 Å². The Bertz CT molecular complexity index is 753. The van der Waals surface area contributed by atoms with Gasteiger partial charge in [-0.15, -0.1) is 5.10 Å². The second-order valence-corrected chi connectivity index (χ2v) is 7.63. The van der Waals surface area contributed by atoms with E-state index < -0.39 is 0 Å². The van der Waals surface area contributed by atoms with Crippen LogP contribution in [0.4, 0.5) is 5.69 Å². The van der Waals surface area contributed by atoms with Crippen molar-refractivity contribution in [3.05, 3.63) is 30.1 Å². The number of nitrogens with one attached hydrogen (secondary N) is 1. The average molecular weight is 388 g/mol. The van der Waals surface area contributed by atoms with E-state index in [1.54, 1.807) is 12.0 Å². The van der Waals surface area contributed by atoms with Gasteiger partial charge in [0.1, 0.15) is 11.8 Å². The van der Waals surface area contributed by atoms with Gasteiger partial charge in [0.05, 0.1) is 51.6 Å². The monoisotopic (exact) mass is 387 g/mol. The van der Waals surface area contributed by atoms with Gasteiger partial charge in [0.25, 0.3) is 0 Å². The highest BCUT2D eigenvalue weighted by Gasteiger charge is 2.32. The fraction of sp³-hybridized carbons (Fsp3) is 0.650. The van der Waals surface area contributed by atoms with Crippen molar-refractivity contribution in [3.63, 3.8) is 0 Å². The summed E-state index contributed by atoms with van der Waals surface area (Å²) in [7, 11) is 1.74. The summed E-state index contributed by atoms with van der Waals surface area (Å²) >= 11 is 0. The maximum Gasteiger partial charge on any atom is 0.209 e. The van der Waals surface area contributed by atoms with Gasteiger partial charge >= 0.3 is 0 Å². The van der Waals surface area contributed by atoms with E-state index in [9.17, 15) is 0 Å². The van der Waals surface area contributed by atoms with E-state index in [1.165, 1.54) is 5.69 Å². The molecule has 0 amide bonds. The quantitative estimate of drug-likeness (QED) is 0.755. The van der Waals surface area contributed by atoms with Gasteiger partial charge in [-0.05, 0) is 35.4 Å². The number of para-hydroxylation sites is 2.